The third kappa shape index (κ3) is 2.98. The molecule has 1 N–H and O–H groups in total. The first-order valence-electron chi connectivity index (χ1n) is 7.18. The van der Waals surface area contributed by atoms with Gasteiger partial charge >= 0.3 is 0 Å². The zero-order valence-electron chi connectivity index (χ0n) is 11.1. The average molecular weight is 224 g/mol. The Bertz CT molecular complexity index is 209. The quantitative estimate of drug-likeness (QED) is 0.793. The third-order valence-electron chi connectivity index (χ3n) is 4.59. The number of hydrogen-bond acceptors (Lipinski definition) is 2. The van der Waals surface area contributed by atoms with Gasteiger partial charge in [-0.3, -0.25) is 4.90 Å². The molecule has 16 heavy (non-hydrogen) atoms. The highest BCUT2D eigenvalue weighted by Crippen LogP contribution is 2.37. The number of rotatable bonds is 3. The SMILES string of the molecule is CCC1CNCCN1CC1(C)CCCCC1. The molecule has 0 aromatic rings. The summed E-state index contributed by atoms with van der Waals surface area (Å²) < 4.78 is 0. The Morgan fingerprint density at radius 2 is 2.00 bits per heavy atom. The summed E-state index contributed by atoms with van der Waals surface area (Å²) in [4.78, 5) is 2.75. The van der Waals surface area contributed by atoms with E-state index in [0.717, 1.165) is 6.04 Å². The second-order valence-electron chi connectivity index (χ2n) is 6.11. The topological polar surface area (TPSA) is 15.3 Å². The van der Waals surface area contributed by atoms with Gasteiger partial charge < -0.3 is 5.32 Å². The fourth-order valence-corrected chi connectivity index (χ4v) is 3.47. The molecule has 1 saturated carbocycles. The van der Waals surface area contributed by atoms with Crippen LogP contribution in [0.25, 0.3) is 0 Å². The predicted octanol–water partition coefficient (Wildman–Crippen LogP) is 2.64. The van der Waals surface area contributed by atoms with E-state index in [2.05, 4.69) is 24.1 Å². The highest BCUT2D eigenvalue weighted by molar-refractivity contribution is 4.87. The second-order valence-corrected chi connectivity index (χ2v) is 6.11. The first-order valence-corrected chi connectivity index (χ1v) is 7.18. The van der Waals surface area contributed by atoms with Crippen molar-refractivity contribution in [3.8, 4) is 0 Å². The van der Waals surface area contributed by atoms with Crippen LogP contribution >= 0.6 is 0 Å². The van der Waals surface area contributed by atoms with Crippen molar-refractivity contribution in [3.63, 3.8) is 0 Å². The molecule has 2 nitrogen and oxygen atoms in total. The molecule has 1 heterocycles. The molecule has 0 aromatic heterocycles. The molecule has 94 valence electrons. The van der Waals surface area contributed by atoms with Crippen molar-refractivity contribution in [2.45, 2.75) is 58.4 Å². The Kier molecular flexibility index (Phi) is 4.26. The summed E-state index contributed by atoms with van der Waals surface area (Å²) in [5, 5.41) is 3.52. The zero-order valence-corrected chi connectivity index (χ0v) is 11.1. The summed E-state index contributed by atoms with van der Waals surface area (Å²) in [5.74, 6) is 0. The van der Waals surface area contributed by atoms with E-state index in [1.165, 1.54) is 64.7 Å². The molecule has 1 unspecified atom stereocenters. The van der Waals surface area contributed by atoms with Gasteiger partial charge in [-0.15, -0.1) is 0 Å². The molecule has 2 fully saturated rings. The van der Waals surface area contributed by atoms with E-state index in [9.17, 15) is 0 Å². The normalized spacial score (nSPS) is 31.5. The van der Waals surface area contributed by atoms with Crippen LogP contribution in [0.15, 0.2) is 0 Å². The fraction of sp³-hybridized carbons (Fsp3) is 1.00. The Balaban J connectivity index is 1.90. The molecule has 2 rings (SSSR count). The molecule has 2 heteroatoms. The summed E-state index contributed by atoms with van der Waals surface area (Å²) in [6.07, 6.45) is 8.58. The molecule has 0 amide bonds. The second kappa shape index (κ2) is 5.50. The lowest BCUT2D eigenvalue weighted by Crippen LogP contribution is -2.54. The smallest absolute Gasteiger partial charge is 0.0218 e. The van der Waals surface area contributed by atoms with Gasteiger partial charge in [0.25, 0.3) is 0 Å². The molecule has 2 aliphatic rings. The van der Waals surface area contributed by atoms with Crippen LogP contribution in [0.1, 0.15) is 52.4 Å². The molecule has 0 spiro atoms. The van der Waals surface area contributed by atoms with Crippen molar-refractivity contribution in [1.29, 1.82) is 0 Å². The first-order chi connectivity index (χ1) is 7.73. The van der Waals surface area contributed by atoms with Crippen LogP contribution in [-0.4, -0.2) is 37.1 Å². The summed E-state index contributed by atoms with van der Waals surface area (Å²) in [6.45, 7) is 9.83. The summed E-state index contributed by atoms with van der Waals surface area (Å²) in [7, 11) is 0. The van der Waals surface area contributed by atoms with E-state index >= 15 is 0 Å². The Hall–Kier alpha value is -0.0800. The van der Waals surface area contributed by atoms with E-state index < -0.39 is 0 Å². The zero-order chi connectivity index (χ0) is 11.4. The summed E-state index contributed by atoms with van der Waals surface area (Å²) >= 11 is 0. The molecular weight excluding hydrogens is 196 g/mol. The van der Waals surface area contributed by atoms with E-state index in [0.29, 0.717) is 5.41 Å². The molecular formula is C14H28N2. The van der Waals surface area contributed by atoms with E-state index in [1.54, 1.807) is 0 Å². The number of nitrogens with one attached hydrogen (secondary N) is 1. The van der Waals surface area contributed by atoms with Crippen molar-refractivity contribution in [1.82, 2.24) is 10.2 Å². The van der Waals surface area contributed by atoms with Crippen LogP contribution in [0.4, 0.5) is 0 Å². The molecule has 1 aliphatic heterocycles. The van der Waals surface area contributed by atoms with Crippen molar-refractivity contribution < 1.29 is 0 Å². The van der Waals surface area contributed by atoms with E-state index in [1.807, 2.05) is 0 Å². The van der Waals surface area contributed by atoms with Gasteiger partial charge in [-0.1, -0.05) is 33.1 Å². The number of nitrogens with zero attached hydrogens (tertiary/aromatic N) is 1. The fourth-order valence-electron chi connectivity index (χ4n) is 3.47. The third-order valence-corrected chi connectivity index (χ3v) is 4.59. The standard InChI is InChI=1S/C14H28N2/c1-3-13-11-15-9-10-16(13)12-14(2)7-5-4-6-8-14/h13,15H,3-12H2,1-2H3. The maximum Gasteiger partial charge on any atom is 0.0218 e. The minimum Gasteiger partial charge on any atom is -0.314 e. The minimum atomic E-state index is 0.614. The molecule has 0 radical (unpaired) electrons. The molecule has 0 aromatic carbocycles. The van der Waals surface area contributed by atoms with Crippen molar-refractivity contribution >= 4 is 0 Å². The predicted molar refractivity (Wildman–Crippen MR) is 69.7 cm³/mol. The van der Waals surface area contributed by atoms with Gasteiger partial charge in [0, 0.05) is 32.2 Å². The maximum atomic E-state index is 3.52. The van der Waals surface area contributed by atoms with Gasteiger partial charge in [-0.05, 0) is 24.7 Å². The molecule has 1 atom stereocenters. The van der Waals surface area contributed by atoms with Crippen LogP contribution in [0.2, 0.25) is 0 Å². The minimum absolute atomic E-state index is 0.614. The van der Waals surface area contributed by atoms with Gasteiger partial charge in [0.05, 0.1) is 0 Å². The van der Waals surface area contributed by atoms with Crippen LogP contribution in [-0.2, 0) is 0 Å². The Morgan fingerprint density at radius 1 is 1.25 bits per heavy atom. The summed E-state index contributed by atoms with van der Waals surface area (Å²) in [5.41, 5.74) is 0.614. The van der Waals surface area contributed by atoms with Crippen LogP contribution in [0.5, 0.6) is 0 Å². The lowest BCUT2D eigenvalue weighted by molar-refractivity contribution is 0.0719. The van der Waals surface area contributed by atoms with Crippen LogP contribution in [0, 0.1) is 5.41 Å². The monoisotopic (exact) mass is 224 g/mol. The van der Waals surface area contributed by atoms with E-state index in [4.69, 9.17) is 0 Å². The lowest BCUT2D eigenvalue weighted by atomic mass is 9.75. The largest absolute Gasteiger partial charge is 0.314 e. The maximum absolute atomic E-state index is 3.52. The first kappa shape index (κ1) is 12.4. The van der Waals surface area contributed by atoms with Crippen molar-refractivity contribution in [3.05, 3.63) is 0 Å². The van der Waals surface area contributed by atoms with Gasteiger partial charge in [0.1, 0.15) is 0 Å². The Labute approximate surface area is 101 Å². The highest BCUT2D eigenvalue weighted by Gasteiger charge is 2.32. The van der Waals surface area contributed by atoms with Gasteiger partial charge in [-0.2, -0.15) is 0 Å². The van der Waals surface area contributed by atoms with E-state index in [-0.39, 0.29) is 0 Å². The molecule has 1 aliphatic carbocycles. The molecule has 1 saturated heterocycles. The highest BCUT2D eigenvalue weighted by atomic mass is 15.2. The lowest BCUT2D eigenvalue weighted by Gasteiger charge is -2.43. The summed E-state index contributed by atoms with van der Waals surface area (Å²) in [6, 6.07) is 0.785. The van der Waals surface area contributed by atoms with Crippen LogP contribution < -0.4 is 5.32 Å². The van der Waals surface area contributed by atoms with Gasteiger partial charge in [-0.25, -0.2) is 0 Å². The van der Waals surface area contributed by atoms with Gasteiger partial charge in [0.2, 0.25) is 0 Å². The van der Waals surface area contributed by atoms with Crippen molar-refractivity contribution in [2.75, 3.05) is 26.2 Å². The number of piperazine rings is 1. The Morgan fingerprint density at radius 3 is 2.69 bits per heavy atom. The van der Waals surface area contributed by atoms with Crippen LogP contribution in [0.3, 0.4) is 0 Å². The number of hydrogen-bond donors (Lipinski definition) is 1. The van der Waals surface area contributed by atoms with Gasteiger partial charge in [0.15, 0.2) is 0 Å². The van der Waals surface area contributed by atoms with Crippen molar-refractivity contribution in [2.24, 2.45) is 5.41 Å². The average Bonchev–Trinajstić information content (AvgIpc) is 2.30. The molecule has 0 bridgehead atoms.